The molecular weight excluding hydrogens is 226 g/mol. The van der Waals surface area contributed by atoms with Gasteiger partial charge in [0.25, 0.3) is 0 Å². The lowest BCUT2D eigenvalue weighted by molar-refractivity contribution is 0.885. The third kappa shape index (κ3) is 2.35. The average Bonchev–Trinajstić information content (AvgIpc) is 2.75. The lowest BCUT2D eigenvalue weighted by Crippen LogP contribution is -2.05. The molecule has 0 aliphatic carbocycles. The summed E-state index contributed by atoms with van der Waals surface area (Å²) in [6, 6.07) is 2.56. The molecule has 2 heterocycles. The largest absolute Gasteiger partial charge is 0.368 e. The predicted octanol–water partition coefficient (Wildman–Crippen LogP) is 3.39. The highest BCUT2D eigenvalue weighted by molar-refractivity contribution is 7.12. The van der Waals surface area contributed by atoms with Gasteiger partial charge in [-0.15, -0.1) is 16.4 Å². The summed E-state index contributed by atoms with van der Waals surface area (Å²) in [5.41, 5.74) is 1.37. The maximum atomic E-state index is 3.83. The van der Waals surface area contributed by atoms with Gasteiger partial charge < -0.3 is 5.32 Å². The summed E-state index contributed by atoms with van der Waals surface area (Å²) in [7, 11) is 0. The Bertz CT molecular complexity index is 433. The van der Waals surface area contributed by atoms with Gasteiger partial charge in [-0.25, -0.2) is 0 Å². The standard InChI is InChI=1S/C10H13N3S2/c1-6-4-9(8(3)14-6)7(2)12-10-5-11-13-15-10/h4-5,7,12H,1-3H3. The van der Waals surface area contributed by atoms with Crippen LogP contribution in [0.3, 0.4) is 0 Å². The van der Waals surface area contributed by atoms with Gasteiger partial charge >= 0.3 is 0 Å². The van der Waals surface area contributed by atoms with E-state index >= 15 is 0 Å². The van der Waals surface area contributed by atoms with Crippen LogP contribution < -0.4 is 5.32 Å². The van der Waals surface area contributed by atoms with Gasteiger partial charge in [0.15, 0.2) is 0 Å². The monoisotopic (exact) mass is 239 g/mol. The van der Waals surface area contributed by atoms with Gasteiger partial charge in [0.1, 0.15) is 5.00 Å². The van der Waals surface area contributed by atoms with E-state index in [-0.39, 0.29) is 0 Å². The van der Waals surface area contributed by atoms with Crippen molar-refractivity contribution in [2.24, 2.45) is 0 Å². The van der Waals surface area contributed by atoms with E-state index in [9.17, 15) is 0 Å². The molecule has 1 unspecified atom stereocenters. The van der Waals surface area contributed by atoms with E-state index in [1.807, 2.05) is 11.3 Å². The van der Waals surface area contributed by atoms with E-state index in [1.54, 1.807) is 6.20 Å². The van der Waals surface area contributed by atoms with Crippen LogP contribution in [0.5, 0.6) is 0 Å². The topological polar surface area (TPSA) is 37.8 Å². The molecule has 0 aromatic carbocycles. The zero-order valence-electron chi connectivity index (χ0n) is 8.94. The number of nitrogens with one attached hydrogen (secondary N) is 1. The Labute approximate surface area is 97.3 Å². The highest BCUT2D eigenvalue weighted by Crippen LogP contribution is 2.28. The van der Waals surface area contributed by atoms with Crippen LogP contribution in [0.15, 0.2) is 12.3 Å². The van der Waals surface area contributed by atoms with E-state index in [1.165, 1.54) is 26.9 Å². The summed E-state index contributed by atoms with van der Waals surface area (Å²) in [6.07, 6.45) is 1.76. The Morgan fingerprint density at radius 3 is 2.73 bits per heavy atom. The van der Waals surface area contributed by atoms with Crippen molar-refractivity contribution < 1.29 is 0 Å². The zero-order valence-corrected chi connectivity index (χ0v) is 10.6. The molecule has 0 amide bonds. The average molecular weight is 239 g/mol. The first-order valence-electron chi connectivity index (χ1n) is 4.77. The number of nitrogens with zero attached hydrogens (tertiary/aromatic N) is 2. The van der Waals surface area contributed by atoms with Gasteiger partial charge in [-0.3, -0.25) is 0 Å². The minimum absolute atomic E-state index is 0.317. The SMILES string of the molecule is Cc1cc(C(C)Nc2cnns2)c(C)s1. The zero-order chi connectivity index (χ0) is 10.8. The van der Waals surface area contributed by atoms with Crippen LogP contribution in [-0.4, -0.2) is 9.59 Å². The lowest BCUT2D eigenvalue weighted by atomic mass is 10.1. The Hall–Kier alpha value is -0.940. The van der Waals surface area contributed by atoms with Crippen LogP contribution in [0, 0.1) is 13.8 Å². The third-order valence-electron chi connectivity index (χ3n) is 2.27. The van der Waals surface area contributed by atoms with E-state index in [0.717, 1.165) is 5.00 Å². The molecule has 0 aliphatic heterocycles. The van der Waals surface area contributed by atoms with Crippen LogP contribution in [0.25, 0.3) is 0 Å². The molecule has 15 heavy (non-hydrogen) atoms. The first-order valence-corrected chi connectivity index (χ1v) is 6.36. The maximum absolute atomic E-state index is 3.83. The van der Waals surface area contributed by atoms with E-state index < -0.39 is 0 Å². The molecule has 2 rings (SSSR count). The second kappa shape index (κ2) is 4.28. The Kier molecular flexibility index (Phi) is 3.02. The smallest absolute Gasteiger partial charge is 0.130 e. The molecular formula is C10H13N3S2. The van der Waals surface area contributed by atoms with Crippen molar-refractivity contribution in [3.8, 4) is 0 Å². The molecule has 2 aromatic heterocycles. The van der Waals surface area contributed by atoms with E-state index in [2.05, 4.69) is 41.7 Å². The fourth-order valence-electron chi connectivity index (χ4n) is 1.60. The summed E-state index contributed by atoms with van der Waals surface area (Å²) in [4.78, 5) is 2.74. The molecule has 3 nitrogen and oxygen atoms in total. The van der Waals surface area contributed by atoms with Crippen molar-refractivity contribution in [3.05, 3.63) is 27.6 Å². The third-order valence-corrected chi connectivity index (χ3v) is 3.84. The summed E-state index contributed by atoms with van der Waals surface area (Å²) in [6.45, 7) is 6.46. The van der Waals surface area contributed by atoms with Gasteiger partial charge in [-0.05, 0) is 32.4 Å². The summed E-state index contributed by atoms with van der Waals surface area (Å²) < 4.78 is 3.83. The van der Waals surface area contributed by atoms with Crippen molar-refractivity contribution in [1.29, 1.82) is 0 Å². The lowest BCUT2D eigenvalue weighted by Gasteiger charge is -2.12. The quantitative estimate of drug-likeness (QED) is 0.892. The second-order valence-electron chi connectivity index (χ2n) is 3.52. The summed E-state index contributed by atoms with van der Waals surface area (Å²) in [5, 5.41) is 8.22. The van der Waals surface area contributed by atoms with Gasteiger partial charge in [-0.2, -0.15) is 0 Å². The highest BCUT2D eigenvalue weighted by Gasteiger charge is 2.11. The molecule has 0 saturated carbocycles. The highest BCUT2D eigenvalue weighted by atomic mass is 32.1. The van der Waals surface area contributed by atoms with Crippen LogP contribution in [0.1, 0.15) is 28.3 Å². The van der Waals surface area contributed by atoms with Crippen LogP contribution >= 0.6 is 22.9 Å². The molecule has 5 heteroatoms. The van der Waals surface area contributed by atoms with Gasteiger partial charge in [-0.1, -0.05) is 4.49 Å². The molecule has 80 valence electrons. The van der Waals surface area contributed by atoms with Crippen molar-refractivity contribution in [2.75, 3.05) is 5.32 Å². The molecule has 0 radical (unpaired) electrons. The van der Waals surface area contributed by atoms with E-state index in [0.29, 0.717) is 6.04 Å². The first-order chi connectivity index (χ1) is 7.16. The van der Waals surface area contributed by atoms with Gasteiger partial charge in [0.2, 0.25) is 0 Å². The molecule has 1 atom stereocenters. The number of hydrogen-bond donors (Lipinski definition) is 1. The molecule has 0 saturated heterocycles. The molecule has 0 fully saturated rings. The Morgan fingerprint density at radius 2 is 2.20 bits per heavy atom. The van der Waals surface area contributed by atoms with Crippen molar-refractivity contribution in [1.82, 2.24) is 9.59 Å². The van der Waals surface area contributed by atoms with Crippen LogP contribution in [0.2, 0.25) is 0 Å². The predicted molar refractivity (Wildman–Crippen MR) is 65.7 cm³/mol. The Balaban J connectivity index is 2.14. The Morgan fingerprint density at radius 1 is 1.40 bits per heavy atom. The van der Waals surface area contributed by atoms with E-state index in [4.69, 9.17) is 0 Å². The van der Waals surface area contributed by atoms with Gasteiger partial charge in [0.05, 0.1) is 12.2 Å². The number of hydrogen-bond acceptors (Lipinski definition) is 5. The molecule has 1 N–H and O–H groups in total. The van der Waals surface area contributed by atoms with Crippen LogP contribution in [0.4, 0.5) is 5.00 Å². The molecule has 0 spiro atoms. The number of anilines is 1. The fraction of sp³-hybridized carbons (Fsp3) is 0.400. The number of rotatable bonds is 3. The minimum atomic E-state index is 0.317. The van der Waals surface area contributed by atoms with Crippen LogP contribution in [-0.2, 0) is 0 Å². The molecule has 0 aliphatic rings. The summed E-state index contributed by atoms with van der Waals surface area (Å²) >= 11 is 3.23. The van der Waals surface area contributed by atoms with Crippen molar-refractivity contribution >= 4 is 27.9 Å². The van der Waals surface area contributed by atoms with Crippen molar-refractivity contribution in [3.63, 3.8) is 0 Å². The molecule has 2 aromatic rings. The number of aromatic nitrogens is 2. The number of aryl methyl sites for hydroxylation is 2. The summed E-state index contributed by atoms with van der Waals surface area (Å²) in [5.74, 6) is 0. The number of thiophene rings is 1. The maximum Gasteiger partial charge on any atom is 0.130 e. The normalized spacial score (nSPS) is 12.7. The van der Waals surface area contributed by atoms with Crippen molar-refractivity contribution in [2.45, 2.75) is 26.8 Å². The fourth-order valence-corrected chi connectivity index (χ4v) is 3.13. The van der Waals surface area contributed by atoms with Gasteiger partial charge in [0, 0.05) is 21.3 Å². The minimum Gasteiger partial charge on any atom is -0.368 e. The second-order valence-corrected chi connectivity index (χ2v) is 5.76. The first kappa shape index (κ1) is 10.6. The molecule has 0 bridgehead atoms.